The average molecular weight is 367 g/mol. The van der Waals surface area contributed by atoms with E-state index in [1.807, 2.05) is 12.1 Å². The molecule has 0 atom stereocenters. The third kappa shape index (κ3) is 4.67. The Kier molecular flexibility index (Phi) is 5.96. The van der Waals surface area contributed by atoms with Crippen LogP contribution in [0.4, 0.5) is 5.69 Å². The van der Waals surface area contributed by atoms with Crippen LogP contribution in [0.25, 0.3) is 11.0 Å². The van der Waals surface area contributed by atoms with Crippen LogP contribution in [0.3, 0.4) is 0 Å². The number of thiocarbonyl (C=S) groups is 1. The monoisotopic (exact) mass is 367 g/mol. The number of anilines is 1. The molecule has 0 saturated heterocycles. The van der Waals surface area contributed by atoms with Crippen LogP contribution in [0.15, 0.2) is 53.2 Å². The maximum atomic E-state index is 12.3. The SMILES string of the molecule is CCCCCc1ccc(NC(=S)NC(=O)c2cc3cnccc3o2)cc1. The van der Waals surface area contributed by atoms with Crippen molar-refractivity contribution in [3.63, 3.8) is 0 Å². The standard InChI is InChI=1S/C20H21N3O2S/c1-2-3-4-5-14-6-8-16(9-7-14)22-20(26)23-19(24)18-12-15-13-21-11-10-17(15)25-18/h6-13H,2-5H2,1H3,(H2,22,23,24,26). The Hall–Kier alpha value is -2.73. The topological polar surface area (TPSA) is 67.2 Å². The molecule has 2 heterocycles. The summed E-state index contributed by atoms with van der Waals surface area (Å²) in [5.41, 5.74) is 2.75. The molecule has 134 valence electrons. The minimum atomic E-state index is -0.394. The molecule has 3 rings (SSSR count). The first-order valence-electron chi connectivity index (χ1n) is 8.70. The Morgan fingerprint density at radius 2 is 2.00 bits per heavy atom. The van der Waals surface area contributed by atoms with Gasteiger partial charge in [0.25, 0.3) is 5.91 Å². The second-order valence-corrected chi connectivity index (χ2v) is 6.49. The van der Waals surface area contributed by atoms with Crippen molar-refractivity contribution in [1.29, 1.82) is 0 Å². The third-order valence-electron chi connectivity index (χ3n) is 4.05. The van der Waals surface area contributed by atoms with Gasteiger partial charge in [0.15, 0.2) is 10.9 Å². The Morgan fingerprint density at radius 1 is 1.19 bits per heavy atom. The van der Waals surface area contributed by atoms with Gasteiger partial charge < -0.3 is 9.73 Å². The molecule has 0 aliphatic heterocycles. The number of benzene rings is 1. The van der Waals surface area contributed by atoms with E-state index in [4.69, 9.17) is 16.6 Å². The molecule has 0 saturated carbocycles. The van der Waals surface area contributed by atoms with Crippen LogP contribution in [0.1, 0.15) is 42.3 Å². The highest BCUT2D eigenvalue weighted by Crippen LogP contribution is 2.17. The van der Waals surface area contributed by atoms with Crippen LogP contribution >= 0.6 is 12.2 Å². The molecule has 0 bridgehead atoms. The molecular formula is C20H21N3O2S. The van der Waals surface area contributed by atoms with Crippen LogP contribution in [0, 0.1) is 0 Å². The van der Waals surface area contributed by atoms with E-state index in [9.17, 15) is 4.79 Å². The molecular weight excluding hydrogens is 346 g/mol. The maximum absolute atomic E-state index is 12.3. The van der Waals surface area contributed by atoms with Gasteiger partial charge in [0.05, 0.1) is 0 Å². The van der Waals surface area contributed by atoms with Gasteiger partial charge in [-0.1, -0.05) is 31.9 Å². The first kappa shape index (κ1) is 18.1. The number of carbonyl (C=O) groups is 1. The summed E-state index contributed by atoms with van der Waals surface area (Å²) in [5.74, 6) is -0.196. The number of amides is 1. The van der Waals surface area contributed by atoms with Crippen molar-refractivity contribution in [2.24, 2.45) is 0 Å². The maximum Gasteiger partial charge on any atom is 0.293 e. The van der Waals surface area contributed by atoms with Gasteiger partial charge in [-0.05, 0) is 54.9 Å². The van der Waals surface area contributed by atoms with E-state index in [-0.39, 0.29) is 10.9 Å². The number of nitrogens with zero attached hydrogens (tertiary/aromatic N) is 1. The van der Waals surface area contributed by atoms with Crippen LogP contribution in [-0.4, -0.2) is 16.0 Å². The van der Waals surface area contributed by atoms with Crippen molar-refractivity contribution in [2.75, 3.05) is 5.32 Å². The van der Waals surface area contributed by atoms with Gasteiger partial charge in [-0.2, -0.15) is 0 Å². The smallest absolute Gasteiger partial charge is 0.293 e. The van der Waals surface area contributed by atoms with Crippen molar-refractivity contribution in [2.45, 2.75) is 32.6 Å². The van der Waals surface area contributed by atoms with E-state index < -0.39 is 5.91 Å². The predicted octanol–water partition coefficient (Wildman–Crippen LogP) is 4.69. The number of furan rings is 1. The second-order valence-electron chi connectivity index (χ2n) is 6.09. The third-order valence-corrected chi connectivity index (χ3v) is 4.25. The summed E-state index contributed by atoms with van der Waals surface area (Å²) in [6.07, 6.45) is 8.00. The van der Waals surface area contributed by atoms with Crippen LogP contribution in [0.5, 0.6) is 0 Å². The van der Waals surface area contributed by atoms with Crippen molar-refractivity contribution < 1.29 is 9.21 Å². The van der Waals surface area contributed by atoms with Gasteiger partial charge in [0, 0.05) is 23.5 Å². The molecule has 0 aliphatic rings. The summed E-state index contributed by atoms with van der Waals surface area (Å²) in [6.45, 7) is 2.20. The number of pyridine rings is 1. The molecule has 1 amide bonds. The van der Waals surface area contributed by atoms with Gasteiger partial charge in [-0.25, -0.2) is 0 Å². The first-order chi connectivity index (χ1) is 12.7. The van der Waals surface area contributed by atoms with E-state index in [1.54, 1.807) is 24.5 Å². The molecule has 3 aromatic rings. The molecule has 5 nitrogen and oxygen atoms in total. The number of carbonyl (C=O) groups excluding carboxylic acids is 1. The molecule has 0 aliphatic carbocycles. The summed E-state index contributed by atoms with van der Waals surface area (Å²) in [6, 6.07) is 11.4. The Balaban J connectivity index is 1.55. The zero-order chi connectivity index (χ0) is 18.4. The fourth-order valence-electron chi connectivity index (χ4n) is 2.66. The van der Waals surface area contributed by atoms with Crippen molar-refractivity contribution >= 4 is 39.9 Å². The second kappa shape index (κ2) is 8.58. The summed E-state index contributed by atoms with van der Waals surface area (Å²) in [7, 11) is 0. The highest BCUT2D eigenvalue weighted by Gasteiger charge is 2.13. The zero-order valence-corrected chi connectivity index (χ0v) is 15.4. The van der Waals surface area contributed by atoms with Gasteiger partial charge in [-0.15, -0.1) is 0 Å². The molecule has 0 radical (unpaired) electrons. The lowest BCUT2D eigenvalue weighted by molar-refractivity contribution is 0.0953. The minimum Gasteiger partial charge on any atom is -0.451 e. The van der Waals surface area contributed by atoms with E-state index in [0.717, 1.165) is 17.5 Å². The van der Waals surface area contributed by atoms with E-state index >= 15 is 0 Å². The number of nitrogens with one attached hydrogen (secondary N) is 2. The molecule has 6 heteroatoms. The number of rotatable bonds is 6. The molecule has 2 N–H and O–H groups in total. The average Bonchev–Trinajstić information content (AvgIpc) is 3.08. The number of aryl methyl sites for hydroxylation is 1. The normalized spacial score (nSPS) is 10.7. The molecule has 0 fully saturated rings. The Morgan fingerprint density at radius 3 is 2.73 bits per heavy atom. The van der Waals surface area contributed by atoms with Crippen LogP contribution in [0.2, 0.25) is 0 Å². The fourth-order valence-corrected chi connectivity index (χ4v) is 2.87. The molecule has 0 unspecified atom stereocenters. The van der Waals surface area contributed by atoms with Crippen LogP contribution < -0.4 is 10.6 Å². The summed E-state index contributed by atoms with van der Waals surface area (Å²) in [4.78, 5) is 16.3. The van der Waals surface area contributed by atoms with Gasteiger partial charge in [-0.3, -0.25) is 15.1 Å². The number of fused-ring (bicyclic) bond motifs is 1. The lowest BCUT2D eigenvalue weighted by atomic mass is 10.1. The Labute approximate surface area is 157 Å². The van der Waals surface area contributed by atoms with E-state index in [0.29, 0.717) is 5.58 Å². The largest absolute Gasteiger partial charge is 0.451 e. The summed E-state index contributed by atoms with van der Waals surface area (Å²) in [5, 5.41) is 6.65. The highest BCUT2D eigenvalue weighted by atomic mass is 32.1. The fraction of sp³-hybridized carbons (Fsp3) is 0.250. The van der Waals surface area contributed by atoms with Crippen molar-refractivity contribution in [3.8, 4) is 0 Å². The number of unbranched alkanes of at least 4 members (excludes halogenated alkanes) is 2. The van der Waals surface area contributed by atoms with Crippen molar-refractivity contribution in [3.05, 3.63) is 60.1 Å². The molecule has 1 aromatic carbocycles. The van der Waals surface area contributed by atoms with E-state index in [1.165, 1.54) is 24.8 Å². The minimum absolute atomic E-state index is 0.198. The van der Waals surface area contributed by atoms with Gasteiger partial charge in [0.2, 0.25) is 0 Å². The number of hydrogen-bond acceptors (Lipinski definition) is 4. The number of aromatic nitrogens is 1. The lowest BCUT2D eigenvalue weighted by Gasteiger charge is -2.09. The van der Waals surface area contributed by atoms with Gasteiger partial charge in [0.1, 0.15) is 5.58 Å². The quantitative estimate of drug-likeness (QED) is 0.489. The predicted molar refractivity (Wildman–Crippen MR) is 107 cm³/mol. The Bertz CT molecular complexity index is 870. The van der Waals surface area contributed by atoms with Crippen LogP contribution in [-0.2, 0) is 6.42 Å². The first-order valence-corrected chi connectivity index (χ1v) is 9.11. The molecule has 26 heavy (non-hydrogen) atoms. The molecule has 0 spiro atoms. The summed E-state index contributed by atoms with van der Waals surface area (Å²) < 4.78 is 5.50. The van der Waals surface area contributed by atoms with E-state index in [2.05, 4.69) is 34.7 Å². The molecule has 2 aromatic heterocycles. The van der Waals surface area contributed by atoms with Crippen molar-refractivity contribution in [1.82, 2.24) is 10.3 Å². The zero-order valence-electron chi connectivity index (χ0n) is 14.6. The van der Waals surface area contributed by atoms with Gasteiger partial charge >= 0.3 is 0 Å². The number of hydrogen-bond donors (Lipinski definition) is 2. The highest BCUT2D eigenvalue weighted by molar-refractivity contribution is 7.80. The lowest BCUT2D eigenvalue weighted by Crippen LogP contribution is -2.33. The summed E-state index contributed by atoms with van der Waals surface area (Å²) >= 11 is 5.21.